The van der Waals surface area contributed by atoms with Gasteiger partial charge in [-0.1, -0.05) is 26.0 Å². The van der Waals surface area contributed by atoms with Crippen molar-refractivity contribution in [1.29, 1.82) is 0 Å². The van der Waals surface area contributed by atoms with Crippen molar-refractivity contribution in [3.8, 4) is 0 Å². The summed E-state index contributed by atoms with van der Waals surface area (Å²) < 4.78 is 1.77. The zero-order valence-corrected chi connectivity index (χ0v) is 9.90. The molecule has 0 fully saturated rings. The Balaban J connectivity index is 0.000000606. The molecule has 1 aromatic carbocycles. The number of hydrogen-bond acceptors (Lipinski definition) is 2. The number of carbonyl (C=O) groups is 1. The molecule has 0 saturated heterocycles. The van der Waals surface area contributed by atoms with Gasteiger partial charge in [0.25, 0.3) is 0 Å². The molecule has 2 rings (SSSR count). The van der Waals surface area contributed by atoms with E-state index >= 15 is 0 Å². The summed E-state index contributed by atoms with van der Waals surface area (Å²) in [6.45, 7) is 6.17. The molecule has 2 aromatic rings. The smallest absolute Gasteiger partial charge is 0.237 e. The molecule has 4 nitrogen and oxygen atoms in total. The van der Waals surface area contributed by atoms with Crippen LogP contribution in [0.5, 0.6) is 0 Å². The topological polar surface area (TPSA) is 60.9 Å². The van der Waals surface area contributed by atoms with Gasteiger partial charge in [0.05, 0.1) is 17.4 Å². The van der Waals surface area contributed by atoms with Crippen LogP contribution >= 0.6 is 0 Å². The molecule has 0 aliphatic heterocycles. The van der Waals surface area contributed by atoms with Gasteiger partial charge < -0.3 is 10.3 Å². The molecule has 1 aromatic heterocycles. The lowest BCUT2D eigenvalue weighted by molar-refractivity contribution is -0.118. The van der Waals surface area contributed by atoms with Crippen LogP contribution < -0.4 is 5.73 Å². The predicted octanol–water partition coefficient (Wildman–Crippen LogP) is 1.86. The molecule has 0 saturated carbocycles. The SMILES string of the molecule is CC.Cc1cccc2ncn(CC(N)=O)c12. The Morgan fingerprint density at radius 2 is 2.12 bits per heavy atom. The number of aromatic nitrogens is 2. The zero-order valence-electron chi connectivity index (χ0n) is 9.90. The molecule has 1 amide bonds. The summed E-state index contributed by atoms with van der Waals surface area (Å²) in [5, 5.41) is 0. The number of nitrogens with zero attached hydrogens (tertiary/aromatic N) is 2. The Morgan fingerprint density at radius 1 is 1.44 bits per heavy atom. The van der Waals surface area contributed by atoms with Crippen LogP contribution in [-0.2, 0) is 11.3 Å². The monoisotopic (exact) mass is 219 g/mol. The summed E-state index contributed by atoms with van der Waals surface area (Å²) >= 11 is 0. The van der Waals surface area contributed by atoms with Crippen molar-refractivity contribution in [1.82, 2.24) is 9.55 Å². The summed E-state index contributed by atoms with van der Waals surface area (Å²) in [4.78, 5) is 15.0. The van der Waals surface area contributed by atoms with E-state index in [1.165, 1.54) is 0 Å². The van der Waals surface area contributed by atoms with E-state index in [4.69, 9.17) is 5.73 Å². The fourth-order valence-corrected chi connectivity index (χ4v) is 1.60. The Labute approximate surface area is 95.1 Å². The summed E-state index contributed by atoms with van der Waals surface area (Å²) in [6, 6.07) is 5.85. The number of nitrogens with two attached hydrogens (primary N) is 1. The average molecular weight is 219 g/mol. The highest BCUT2D eigenvalue weighted by Crippen LogP contribution is 2.16. The van der Waals surface area contributed by atoms with Gasteiger partial charge in [-0.2, -0.15) is 0 Å². The molecule has 0 radical (unpaired) electrons. The van der Waals surface area contributed by atoms with Crippen LogP contribution in [0.15, 0.2) is 24.5 Å². The van der Waals surface area contributed by atoms with Crippen LogP contribution in [0, 0.1) is 6.92 Å². The zero-order chi connectivity index (χ0) is 12.1. The second-order valence-electron chi connectivity index (χ2n) is 3.28. The van der Waals surface area contributed by atoms with Gasteiger partial charge in [0.2, 0.25) is 5.91 Å². The lowest BCUT2D eigenvalue weighted by atomic mass is 10.2. The second kappa shape index (κ2) is 5.30. The van der Waals surface area contributed by atoms with Crippen LogP contribution in [0.25, 0.3) is 11.0 Å². The van der Waals surface area contributed by atoms with Gasteiger partial charge in [-0.15, -0.1) is 0 Å². The highest BCUT2D eigenvalue weighted by Gasteiger charge is 2.06. The van der Waals surface area contributed by atoms with E-state index in [1.807, 2.05) is 39.0 Å². The molecule has 2 N–H and O–H groups in total. The highest BCUT2D eigenvalue weighted by molar-refractivity contribution is 5.81. The Hall–Kier alpha value is -1.84. The first-order valence-corrected chi connectivity index (χ1v) is 5.37. The average Bonchev–Trinajstić information content (AvgIpc) is 2.65. The van der Waals surface area contributed by atoms with E-state index in [1.54, 1.807) is 10.9 Å². The number of para-hydroxylation sites is 1. The Kier molecular flexibility index (Phi) is 4.05. The van der Waals surface area contributed by atoms with Crippen molar-refractivity contribution >= 4 is 16.9 Å². The molecule has 0 unspecified atom stereocenters. The van der Waals surface area contributed by atoms with E-state index in [0.717, 1.165) is 16.6 Å². The minimum atomic E-state index is -0.354. The lowest BCUT2D eigenvalue weighted by Crippen LogP contribution is -2.18. The standard InChI is InChI=1S/C10H11N3O.C2H6/c1-7-3-2-4-8-10(7)13(6-12-8)5-9(11)14;1-2/h2-4,6H,5H2,1H3,(H2,11,14);1-2H3. The molecule has 1 heterocycles. The van der Waals surface area contributed by atoms with Gasteiger partial charge in [-0.3, -0.25) is 4.79 Å². The Bertz CT molecular complexity index is 488. The normalized spacial score (nSPS) is 9.69. The number of amides is 1. The van der Waals surface area contributed by atoms with E-state index in [0.29, 0.717) is 0 Å². The van der Waals surface area contributed by atoms with E-state index in [2.05, 4.69) is 4.98 Å². The quantitative estimate of drug-likeness (QED) is 0.838. The molecule has 0 aliphatic carbocycles. The van der Waals surface area contributed by atoms with Crippen LogP contribution in [0.3, 0.4) is 0 Å². The van der Waals surface area contributed by atoms with Crippen LogP contribution in [0.4, 0.5) is 0 Å². The summed E-state index contributed by atoms with van der Waals surface area (Å²) in [5.41, 5.74) is 8.11. The van der Waals surface area contributed by atoms with Gasteiger partial charge in [-0.05, 0) is 18.6 Å². The largest absolute Gasteiger partial charge is 0.368 e. The first-order valence-electron chi connectivity index (χ1n) is 5.37. The third kappa shape index (κ3) is 2.39. The number of benzene rings is 1. The third-order valence-corrected chi connectivity index (χ3v) is 2.17. The summed E-state index contributed by atoms with van der Waals surface area (Å²) in [6.07, 6.45) is 1.64. The first kappa shape index (κ1) is 12.2. The number of imidazole rings is 1. The Morgan fingerprint density at radius 3 is 2.75 bits per heavy atom. The van der Waals surface area contributed by atoms with Gasteiger partial charge in [0.15, 0.2) is 0 Å². The van der Waals surface area contributed by atoms with Crippen molar-refractivity contribution in [3.05, 3.63) is 30.1 Å². The predicted molar refractivity (Wildman–Crippen MR) is 65.0 cm³/mol. The molecule has 16 heavy (non-hydrogen) atoms. The lowest BCUT2D eigenvalue weighted by Gasteiger charge is -2.02. The maximum atomic E-state index is 10.8. The maximum absolute atomic E-state index is 10.8. The number of primary amides is 1. The van der Waals surface area contributed by atoms with Crippen molar-refractivity contribution < 1.29 is 4.79 Å². The van der Waals surface area contributed by atoms with E-state index in [9.17, 15) is 4.79 Å². The van der Waals surface area contributed by atoms with Gasteiger partial charge >= 0.3 is 0 Å². The number of carbonyl (C=O) groups excluding carboxylic acids is 1. The minimum Gasteiger partial charge on any atom is -0.368 e. The van der Waals surface area contributed by atoms with E-state index in [-0.39, 0.29) is 12.5 Å². The van der Waals surface area contributed by atoms with Gasteiger partial charge in [0, 0.05) is 0 Å². The van der Waals surface area contributed by atoms with E-state index < -0.39 is 0 Å². The number of fused-ring (bicyclic) bond motifs is 1. The number of hydrogen-bond donors (Lipinski definition) is 1. The molecule has 0 spiro atoms. The molecule has 0 aliphatic rings. The molecule has 0 bridgehead atoms. The summed E-state index contributed by atoms with van der Waals surface area (Å²) in [7, 11) is 0. The second-order valence-corrected chi connectivity index (χ2v) is 3.28. The van der Waals surface area contributed by atoms with Crippen molar-refractivity contribution in [2.45, 2.75) is 27.3 Å². The van der Waals surface area contributed by atoms with Gasteiger partial charge in [-0.25, -0.2) is 4.98 Å². The van der Waals surface area contributed by atoms with Crippen LogP contribution in [0.1, 0.15) is 19.4 Å². The highest BCUT2D eigenvalue weighted by atomic mass is 16.1. The number of rotatable bonds is 2. The van der Waals surface area contributed by atoms with Gasteiger partial charge in [0.1, 0.15) is 6.54 Å². The molecule has 86 valence electrons. The molecule has 0 atom stereocenters. The maximum Gasteiger partial charge on any atom is 0.237 e. The fraction of sp³-hybridized carbons (Fsp3) is 0.333. The summed E-state index contributed by atoms with van der Waals surface area (Å²) in [5.74, 6) is -0.354. The minimum absolute atomic E-state index is 0.182. The molecular formula is C12H17N3O. The van der Waals surface area contributed by atoms with Crippen molar-refractivity contribution in [2.75, 3.05) is 0 Å². The fourth-order valence-electron chi connectivity index (χ4n) is 1.60. The number of aryl methyl sites for hydroxylation is 1. The van der Waals surface area contributed by atoms with Crippen molar-refractivity contribution in [3.63, 3.8) is 0 Å². The van der Waals surface area contributed by atoms with Crippen LogP contribution in [-0.4, -0.2) is 15.5 Å². The first-order chi connectivity index (χ1) is 7.68. The molecular weight excluding hydrogens is 202 g/mol. The van der Waals surface area contributed by atoms with Crippen LogP contribution in [0.2, 0.25) is 0 Å². The molecule has 4 heteroatoms. The van der Waals surface area contributed by atoms with Crippen molar-refractivity contribution in [2.24, 2.45) is 5.73 Å². The third-order valence-electron chi connectivity index (χ3n) is 2.17.